The number of anilines is 1. The van der Waals surface area contributed by atoms with Crippen molar-refractivity contribution in [2.24, 2.45) is 9.81 Å². The lowest BCUT2D eigenvalue weighted by molar-refractivity contribution is -0.123. The molecule has 7 nitrogen and oxygen atoms in total. The molecule has 1 aromatic rings. The predicted octanol–water partition coefficient (Wildman–Crippen LogP) is 3.01. The SMILES string of the molecule is COC/C(=N\[S@+]([O-])C(C)(C)C)c1cc(NC(=O)C(C)(C)C)nnc1Cl. The van der Waals surface area contributed by atoms with Gasteiger partial charge in [-0.1, -0.05) is 36.8 Å². The van der Waals surface area contributed by atoms with Crippen molar-refractivity contribution in [3.63, 3.8) is 0 Å². The lowest BCUT2D eigenvalue weighted by atomic mass is 9.96. The van der Waals surface area contributed by atoms with Gasteiger partial charge in [-0.15, -0.1) is 10.2 Å². The van der Waals surface area contributed by atoms with Gasteiger partial charge in [-0.25, -0.2) is 0 Å². The number of carbonyl (C=O) groups excluding carboxylic acids is 1. The minimum atomic E-state index is -1.50. The lowest BCUT2D eigenvalue weighted by Crippen LogP contribution is -2.29. The Morgan fingerprint density at radius 3 is 2.40 bits per heavy atom. The lowest BCUT2D eigenvalue weighted by Gasteiger charge is -2.20. The topological polar surface area (TPSA) is 99.5 Å². The number of hydrogen-bond donors (Lipinski definition) is 1. The molecule has 1 aromatic heterocycles. The first-order valence-corrected chi connectivity index (χ1v) is 9.18. The van der Waals surface area contributed by atoms with Crippen molar-refractivity contribution in [3.05, 3.63) is 16.8 Å². The maximum atomic E-state index is 12.3. The third-order valence-electron chi connectivity index (χ3n) is 2.98. The van der Waals surface area contributed by atoms with Gasteiger partial charge in [-0.3, -0.25) is 4.79 Å². The number of ether oxygens (including phenoxy) is 1. The van der Waals surface area contributed by atoms with Gasteiger partial charge in [0.25, 0.3) is 0 Å². The number of amides is 1. The molecule has 1 atom stereocenters. The van der Waals surface area contributed by atoms with Crippen LogP contribution in [0.5, 0.6) is 0 Å². The van der Waals surface area contributed by atoms with Crippen LogP contribution in [0.1, 0.15) is 47.1 Å². The Labute approximate surface area is 156 Å². The first-order valence-electron chi connectivity index (χ1n) is 7.70. The summed E-state index contributed by atoms with van der Waals surface area (Å²) in [4.78, 5) is 12.1. The molecule has 1 amide bonds. The minimum Gasteiger partial charge on any atom is -0.591 e. The normalized spacial score (nSPS) is 14.4. The molecular weight excluding hydrogens is 364 g/mol. The van der Waals surface area contributed by atoms with Crippen LogP contribution in [0.15, 0.2) is 10.5 Å². The molecule has 1 N–H and O–H groups in total. The zero-order valence-electron chi connectivity index (χ0n) is 15.6. The summed E-state index contributed by atoms with van der Waals surface area (Å²) >= 11 is 4.63. The van der Waals surface area contributed by atoms with E-state index in [9.17, 15) is 9.35 Å². The number of methoxy groups -OCH3 is 1. The van der Waals surface area contributed by atoms with Crippen LogP contribution in [0, 0.1) is 5.41 Å². The highest BCUT2D eigenvalue weighted by Gasteiger charge is 2.28. The molecule has 0 unspecified atom stereocenters. The average Bonchev–Trinajstić information content (AvgIpc) is 2.46. The van der Waals surface area contributed by atoms with Gasteiger partial charge in [0.1, 0.15) is 21.8 Å². The van der Waals surface area contributed by atoms with Crippen LogP contribution in [0.25, 0.3) is 0 Å². The number of nitrogens with zero attached hydrogens (tertiary/aromatic N) is 3. The van der Waals surface area contributed by atoms with Crippen molar-refractivity contribution >= 4 is 40.4 Å². The van der Waals surface area contributed by atoms with Crippen molar-refractivity contribution in [1.29, 1.82) is 0 Å². The van der Waals surface area contributed by atoms with Crippen LogP contribution < -0.4 is 5.32 Å². The third kappa shape index (κ3) is 6.54. The van der Waals surface area contributed by atoms with Crippen LogP contribution in [-0.2, 0) is 20.9 Å². The van der Waals surface area contributed by atoms with Gasteiger partial charge in [0.15, 0.2) is 11.0 Å². The first-order chi connectivity index (χ1) is 11.4. The zero-order chi connectivity index (χ0) is 19.4. The molecule has 0 aliphatic heterocycles. The van der Waals surface area contributed by atoms with Crippen molar-refractivity contribution < 1.29 is 14.1 Å². The first kappa shape index (κ1) is 21.8. The summed E-state index contributed by atoms with van der Waals surface area (Å²) in [6, 6.07) is 1.55. The number of hydrogen-bond acceptors (Lipinski definition) is 6. The standard InChI is InChI=1S/C16H25ClN4O3S/c1-15(2,3)14(22)18-12-8-10(13(17)20-19-12)11(9-24-7)21-25(23)16(4,5)6/h8H,9H2,1-7H3,(H,18,19,22)/b21-11+/t25-/m1/s1. The molecule has 9 heteroatoms. The molecule has 25 heavy (non-hydrogen) atoms. The summed E-state index contributed by atoms with van der Waals surface area (Å²) in [5, 5.41) is 10.5. The molecule has 1 heterocycles. The van der Waals surface area contributed by atoms with E-state index in [1.165, 1.54) is 7.11 Å². The highest BCUT2D eigenvalue weighted by atomic mass is 35.5. The van der Waals surface area contributed by atoms with E-state index in [0.29, 0.717) is 11.3 Å². The number of carbonyl (C=O) groups is 1. The van der Waals surface area contributed by atoms with Crippen LogP contribution in [0.4, 0.5) is 5.82 Å². The Bertz CT molecular complexity index is 654. The fourth-order valence-electron chi connectivity index (χ4n) is 1.47. The Morgan fingerprint density at radius 1 is 1.32 bits per heavy atom. The molecule has 0 aliphatic carbocycles. The second-order valence-electron chi connectivity index (χ2n) is 7.47. The number of nitrogens with one attached hydrogen (secondary N) is 1. The van der Waals surface area contributed by atoms with E-state index in [1.54, 1.807) is 26.8 Å². The van der Waals surface area contributed by atoms with Crippen molar-refractivity contribution in [1.82, 2.24) is 10.2 Å². The second kappa shape index (κ2) is 8.44. The Hall–Kier alpha value is -1.22. The molecule has 0 saturated carbocycles. The molecule has 1 rings (SSSR count). The molecule has 140 valence electrons. The Balaban J connectivity index is 3.25. The van der Waals surface area contributed by atoms with Gasteiger partial charge in [0, 0.05) is 18.1 Å². The summed E-state index contributed by atoms with van der Waals surface area (Å²) < 4.78 is 21.2. The highest BCUT2D eigenvalue weighted by Crippen LogP contribution is 2.23. The monoisotopic (exact) mass is 388 g/mol. The molecular formula is C16H25ClN4O3S. The summed E-state index contributed by atoms with van der Waals surface area (Å²) in [7, 11) is 1.50. The fraction of sp³-hybridized carbons (Fsp3) is 0.625. The van der Waals surface area contributed by atoms with E-state index in [2.05, 4.69) is 19.9 Å². The van der Waals surface area contributed by atoms with Crippen LogP contribution >= 0.6 is 11.6 Å². The Morgan fingerprint density at radius 2 is 1.92 bits per heavy atom. The van der Waals surface area contributed by atoms with Crippen molar-refractivity contribution in [2.45, 2.75) is 46.3 Å². The van der Waals surface area contributed by atoms with E-state index in [-0.39, 0.29) is 23.5 Å². The fourth-order valence-corrected chi connectivity index (χ4v) is 2.30. The van der Waals surface area contributed by atoms with E-state index >= 15 is 0 Å². The summed E-state index contributed by atoms with van der Waals surface area (Å²) in [6.45, 7) is 10.9. The maximum Gasteiger partial charge on any atom is 0.230 e. The molecule has 0 aliphatic rings. The van der Waals surface area contributed by atoms with Gasteiger partial charge in [-0.05, 0) is 26.8 Å². The van der Waals surface area contributed by atoms with Gasteiger partial charge >= 0.3 is 0 Å². The smallest absolute Gasteiger partial charge is 0.230 e. The number of halogens is 1. The van der Waals surface area contributed by atoms with E-state index in [4.69, 9.17) is 16.3 Å². The summed E-state index contributed by atoms with van der Waals surface area (Å²) in [5.41, 5.74) is 0.209. The van der Waals surface area contributed by atoms with Crippen LogP contribution in [-0.4, -0.2) is 44.8 Å². The molecule has 0 spiro atoms. The molecule has 0 radical (unpaired) electrons. The summed E-state index contributed by atoms with van der Waals surface area (Å²) in [6.07, 6.45) is 0. The molecule has 0 saturated heterocycles. The highest BCUT2D eigenvalue weighted by molar-refractivity contribution is 7.91. The van der Waals surface area contributed by atoms with Gasteiger partial charge in [0.2, 0.25) is 5.91 Å². The molecule has 0 fully saturated rings. The Kier molecular flexibility index (Phi) is 7.37. The van der Waals surface area contributed by atoms with Crippen molar-refractivity contribution in [2.75, 3.05) is 19.0 Å². The van der Waals surface area contributed by atoms with E-state index in [0.717, 1.165) is 0 Å². The number of rotatable bonds is 5. The van der Waals surface area contributed by atoms with Crippen molar-refractivity contribution in [3.8, 4) is 0 Å². The van der Waals surface area contributed by atoms with E-state index < -0.39 is 21.5 Å². The largest absolute Gasteiger partial charge is 0.591 e. The van der Waals surface area contributed by atoms with Crippen LogP contribution in [0.3, 0.4) is 0 Å². The van der Waals surface area contributed by atoms with E-state index in [1.807, 2.05) is 20.8 Å². The molecule has 0 aromatic carbocycles. The van der Waals surface area contributed by atoms with Crippen LogP contribution in [0.2, 0.25) is 5.15 Å². The molecule has 0 bridgehead atoms. The maximum absolute atomic E-state index is 12.3. The van der Waals surface area contributed by atoms with Gasteiger partial charge < -0.3 is 14.6 Å². The minimum absolute atomic E-state index is 0.0930. The quantitative estimate of drug-likeness (QED) is 0.617. The average molecular weight is 389 g/mol. The predicted molar refractivity (Wildman–Crippen MR) is 101 cm³/mol. The van der Waals surface area contributed by atoms with Gasteiger partial charge in [0.05, 0.1) is 6.61 Å². The zero-order valence-corrected chi connectivity index (χ0v) is 17.2. The third-order valence-corrected chi connectivity index (χ3v) is 4.69. The van der Waals surface area contributed by atoms with Gasteiger partial charge in [-0.2, -0.15) is 0 Å². The second-order valence-corrected chi connectivity index (χ2v) is 9.73. The number of aromatic nitrogens is 2. The summed E-state index contributed by atoms with van der Waals surface area (Å²) in [5.74, 6) is 0.0308.